The average Bonchev–Trinajstić information content (AvgIpc) is 2.68. The molecule has 1 aromatic rings. The number of aliphatic hydroxyl groups is 1. The van der Waals surface area contributed by atoms with E-state index in [1.54, 1.807) is 11.8 Å². The molecule has 5 nitrogen and oxygen atoms in total. The topological polar surface area (TPSA) is 77.0 Å². The number of nitrogens with two attached hydrogens (primary N) is 1. The van der Waals surface area contributed by atoms with Crippen LogP contribution in [-0.2, 0) is 13.1 Å². The summed E-state index contributed by atoms with van der Waals surface area (Å²) < 4.78 is 2.09. The van der Waals surface area contributed by atoms with Crippen LogP contribution in [0.2, 0.25) is 0 Å². The Morgan fingerprint density at radius 3 is 2.81 bits per heavy atom. The van der Waals surface area contributed by atoms with Crippen LogP contribution < -0.4 is 5.73 Å². The summed E-state index contributed by atoms with van der Waals surface area (Å²) in [5.74, 6) is 1.82. The minimum atomic E-state index is 0.260. The first kappa shape index (κ1) is 13.5. The van der Waals surface area contributed by atoms with Crippen molar-refractivity contribution in [3.05, 3.63) is 5.82 Å². The van der Waals surface area contributed by atoms with Crippen LogP contribution in [0.25, 0.3) is 0 Å². The molecule has 92 valence electrons. The lowest BCUT2D eigenvalue weighted by Crippen LogP contribution is -2.09. The maximum atomic E-state index is 8.69. The molecule has 0 saturated heterocycles. The van der Waals surface area contributed by atoms with Gasteiger partial charge in [-0.1, -0.05) is 18.7 Å². The minimum Gasteiger partial charge on any atom is -0.396 e. The Balaban J connectivity index is 2.53. The predicted molar refractivity (Wildman–Crippen MR) is 65.2 cm³/mol. The number of rotatable bonds is 8. The standard InChI is InChI=1S/C10H20N4OS/c1-2-5-14-9(8-11)12-13-10(14)16-7-4-3-6-15/h15H,2-8,11H2,1H3. The Kier molecular flexibility index (Phi) is 6.44. The lowest BCUT2D eigenvalue weighted by molar-refractivity contribution is 0.287. The van der Waals surface area contributed by atoms with Crippen molar-refractivity contribution in [1.82, 2.24) is 14.8 Å². The Bertz CT molecular complexity index is 303. The number of thioether (sulfide) groups is 1. The fourth-order valence-corrected chi connectivity index (χ4v) is 2.38. The Morgan fingerprint density at radius 2 is 2.19 bits per heavy atom. The van der Waals surface area contributed by atoms with Gasteiger partial charge in [-0.3, -0.25) is 0 Å². The van der Waals surface area contributed by atoms with Crippen molar-refractivity contribution in [1.29, 1.82) is 0 Å². The quantitative estimate of drug-likeness (QED) is 0.527. The molecular formula is C10H20N4OS. The number of nitrogens with zero attached hydrogens (tertiary/aromatic N) is 3. The number of hydrogen-bond acceptors (Lipinski definition) is 5. The zero-order chi connectivity index (χ0) is 11.8. The fourth-order valence-electron chi connectivity index (χ4n) is 1.40. The van der Waals surface area contributed by atoms with Crippen LogP contribution >= 0.6 is 11.8 Å². The molecule has 16 heavy (non-hydrogen) atoms. The van der Waals surface area contributed by atoms with Gasteiger partial charge in [-0.25, -0.2) is 0 Å². The van der Waals surface area contributed by atoms with Crippen molar-refractivity contribution < 1.29 is 5.11 Å². The van der Waals surface area contributed by atoms with Gasteiger partial charge < -0.3 is 15.4 Å². The second-order valence-electron chi connectivity index (χ2n) is 3.53. The lowest BCUT2D eigenvalue weighted by atomic mass is 10.4. The summed E-state index contributed by atoms with van der Waals surface area (Å²) in [6, 6.07) is 0. The van der Waals surface area contributed by atoms with E-state index in [4.69, 9.17) is 10.8 Å². The third-order valence-electron chi connectivity index (χ3n) is 2.21. The summed E-state index contributed by atoms with van der Waals surface area (Å²) in [6.07, 6.45) is 2.89. The maximum absolute atomic E-state index is 8.69. The van der Waals surface area contributed by atoms with Crippen LogP contribution in [0.5, 0.6) is 0 Å². The molecule has 0 atom stereocenters. The van der Waals surface area contributed by atoms with Crippen molar-refractivity contribution in [2.24, 2.45) is 5.73 Å². The van der Waals surface area contributed by atoms with Crippen LogP contribution in [0, 0.1) is 0 Å². The highest BCUT2D eigenvalue weighted by Crippen LogP contribution is 2.18. The molecule has 1 rings (SSSR count). The van der Waals surface area contributed by atoms with Gasteiger partial charge in [0.05, 0.1) is 6.54 Å². The predicted octanol–water partition coefficient (Wildman–Crippen LogP) is 1.01. The smallest absolute Gasteiger partial charge is 0.191 e. The molecule has 0 aromatic carbocycles. The number of aliphatic hydroxyl groups excluding tert-OH is 1. The van der Waals surface area contributed by atoms with Crippen LogP contribution in [0.15, 0.2) is 5.16 Å². The van der Waals surface area contributed by atoms with E-state index < -0.39 is 0 Å². The van der Waals surface area contributed by atoms with E-state index in [-0.39, 0.29) is 6.61 Å². The molecule has 1 heterocycles. The highest BCUT2D eigenvalue weighted by Gasteiger charge is 2.09. The van der Waals surface area contributed by atoms with E-state index in [0.29, 0.717) is 6.54 Å². The summed E-state index contributed by atoms with van der Waals surface area (Å²) in [7, 11) is 0. The molecule has 0 spiro atoms. The minimum absolute atomic E-state index is 0.260. The highest BCUT2D eigenvalue weighted by molar-refractivity contribution is 7.99. The van der Waals surface area contributed by atoms with Crippen molar-refractivity contribution in [3.8, 4) is 0 Å². The molecule has 0 radical (unpaired) electrons. The number of hydrogen-bond donors (Lipinski definition) is 2. The first-order chi connectivity index (χ1) is 7.83. The second kappa shape index (κ2) is 7.65. The van der Waals surface area contributed by atoms with Gasteiger partial charge in [0, 0.05) is 18.9 Å². The van der Waals surface area contributed by atoms with E-state index in [0.717, 1.165) is 42.5 Å². The first-order valence-corrected chi connectivity index (χ1v) is 6.67. The molecular weight excluding hydrogens is 224 g/mol. The van der Waals surface area contributed by atoms with Crippen molar-refractivity contribution in [2.75, 3.05) is 12.4 Å². The van der Waals surface area contributed by atoms with E-state index in [2.05, 4.69) is 21.7 Å². The van der Waals surface area contributed by atoms with Crippen LogP contribution in [0.4, 0.5) is 0 Å². The van der Waals surface area contributed by atoms with Gasteiger partial charge in [0.15, 0.2) is 5.16 Å². The molecule has 0 fully saturated rings. The summed E-state index contributed by atoms with van der Waals surface area (Å²) in [6.45, 7) is 3.74. The fraction of sp³-hybridized carbons (Fsp3) is 0.800. The zero-order valence-electron chi connectivity index (χ0n) is 9.72. The Hall–Kier alpha value is -0.590. The molecule has 6 heteroatoms. The molecule has 0 amide bonds. The molecule has 3 N–H and O–H groups in total. The maximum Gasteiger partial charge on any atom is 0.191 e. The summed E-state index contributed by atoms with van der Waals surface area (Å²) in [5.41, 5.74) is 5.60. The van der Waals surface area contributed by atoms with E-state index in [9.17, 15) is 0 Å². The third-order valence-corrected chi connectivity index (χ3v) is 3.26. The monoisotopic (exact) mass is 244 g/mol. The Morgan fingerprint density at radius 1 is 1.38 bits per heavy atom. The van der Waals surface area contributed by atoms with Crippen LogP contribution in [-0.4, -0.2) is 32.2 Å². The third kappa shape index (κ3) is 3.77. The van der Waals surface area contributed by atoms with Gasteiger partial charge in [-0.15, -0.1) is 10.2 Å². The van der Waals surface area contributed by atoms with Gasteiger partial charge in [-0.05, 0) is 19.3 Å². The van der Waals surface area contributed by atoms with E-state index in [1.165, 1.54) is 0 Å². The van der Waals surface area contributed by atoms with Gasteiger partial charge in [0.25, 0.3) is 0 Å². The second-order valence-corrected chi connectivity index (χ2v) is 4.60. The van der Waals surface area contributed by atoms with Crippen LogP contribution in [0.3, 0.4) is 0 Å². The van der Waals surface area contributed by atoms with E-state index >= 15 is 0 Å². The molecule has 0 saturated carbocycles. The normalized spacial score (nSPS) is 10.9. The first-order valence-electron chi connectivity index (χ1n) is 5.69. The summed E-state index contributed by atoms with van der Waals surface area (Å²) >= 11 is 1.69. The van der Waals surface area contributed by atoms with Gasteiger partial charge >= 0.3 is 0 Å². The molecule has 0 unspecified atom stereocenters. The van der Waals surface area contributed by atoms with Gasteiger partial charge in [0.1, 0.15) is 5.82 Å². The summed E-state index contributed by atoms with van der Waals surface area (Å²) in [5, 5.41) is 17.8. The Labute approximate surface area is 100 Å². The van der Waals surface area contributed by atoms with Crippen molar-refractivity contribution in [2.45, 2.75) is 44.4 Å². The molecule has 1 aromatic heterocycles. The molecule has 0 aliphatic carbocycles. The number of aromatic nitrogens is 3. The van der Waals surface area contributed by atoms with Gasteiger partial charge in [0.2, 0.25) is 0 Å². The van der Waals surface area contributed by atoms with E-state index in [1.807, 2.05) is 0 Å². The summed E-state index contributed by atoms with van der Waals surface area (Å²) in [4.78, 5) is 0. The lowest BCUT2D eigenvalue weighted by Gasteiger charge is -2.07. The van der Waals surface area contributed by atoms with Gasteiger partial charge in [-0.2, -0.15) is 0 Å². The van der Waals surface area contributed by atoms with Crippen molar-refractivity contribution >= 4 is 11.8 Å². The molecule has 0 bridgehead atoms. The zero-order valence-corrected chi connectivity index (χ0v) is 10.5. The largest absolute Gasteiger partial charge is 0.396 e. The number of unbranched alkanes of at least 4 members (excludes halogenated alkanes) is 1. The molecule has 0 aliphatic rings. The average molecular weight is 244 g/mol. The SMILES string of the molecule is CCCn1c(CN)nnc1SCCCCO. The molecule has 0 aliphatic heterocycles. The van der Waals surface area contributed by atoms with Crippen molar-refractivity contribution in [3.63, 3.8) is 0 Å². The van der Waals surface area contributed by atoms with Crippen LogP contribution in [0.1, 0.15) is 32.0 Å². The highest BCUT2D eigenvalue weighted by atomic mass is 32.2.